The largest absolute Gasteiger partial charge is 0.0946 e. The maximum absolute atomic E-state index is 3.98. The van der Waals surface area contributed by atoms with Gasteiger partial charge in [0.25, 0.3) is 0 Å². The van der Waals surface area contributed by atoms with E-state index in [0.717, 1.165) is 5.57 Å². The van der Waals surface area contributed by atoms with Crippen LogP contribution in [0.15, 0.2) is 35.5 Å². The number of hydrogen-bond acceptors (Lipinski definition) is 0. The van der Waals surface area contributed by atoms with Gasteiger partial charge in [0.2, 0.25) is 0 Å². The van der Waals surface area contributed by atoms with E-state index in [2.05, 4.69) is 33.9 Å². The van der Waals surface area contributed by atoms with Crippen molar-refractivity contribution in [2.45, 2.75) is 20.8 Å². The van der Waals surface area contributed by atoms with Crippen molar-refractivity contribution in [3.8, 4) is 0 Å². The highest BCUT2D eigenvalue weighted by molar-refractivity contribution is 5.54. The highest BCUT2D eigenvalue weighted by Crippen LogP contribution is 2.37. The fourth-order valence-corrected chi connectivity index (χ4v) is 1.33. The van der Waals surface area contributed by atoms with Gasteiger partial charge in [-0.2, -0.15) is 0 Å². The lowest BCUT2D eigenvalue weighted by atomic mass is 10.0. The topological polar surface area (TPSA) is 0 Å². The summed E-state index contributed by atoms with van der Waals surface area (Å²) in [6.45, 7) is 14.4. The Balaban J connectivity index is 3.11. The standard InChI is InChI=1S/C10H14/c1-6-7(2)9(4)10(5)8(6)3/h8H,1-2H2,3-5H3/t8-/m1/s1. The zero-order valence-electron chi connectivity index (χ0n) is 6.99. The van der Waals surface area contributed by atoms with Gasteiger partial charge >= 0.3 is 0 Å². The van der Waals surface area contributed by atoms with E-state index in [-0.39, 0.29) is 0 Å². The lowest BCUT2D eigenvalue weighted by Crippen LogP contribution is -1.91. The maximum atomic E-state index is 3.98. The average molecular weight is 134 g/mol. The van der Waals surface area contributed by atoms with Crippen LogP contribution in [0.4, 0.5) is 0 Å². The highest BCUT2D eigenvalue weighted by Gasteiger charge is 2.21. The van der Waals surface area contributed by atoms with Gasteiger partial charge < -0.3 is 0 Å². The predicted octanol–water partition coefficient (Wildman–Crippen LogP) is 3.08. The van der Waals surface area contributed by atoms with Gasteiger partial charge in [0.15, 0.2) is 0 Å². The second kappa shape index (κ2) is 2.12. The third-order valence-electron chi connectivity index (χ3n) is 2.60. The summed E-state index contributed by atoms with van der Waals surface area (Å²) in [5.74, 6) is 0.521. The molecular weight excluding hydrogens is 120 g/mol. The molecule has 0 amide bonds. The zero-order chi connectivity index (χ0) is 7.89. The molecule has 0 bridgehead atoms. The molecule has 0 aromatic heterocycles. The molecule has 10 heavy (non-hydrogen) atoms. The molecule has 1 atom stereocenters. The van der Waals surface area contributed by atoms with Gasteiger partial charge in [-0.3, -0.25) is 0 Å². The smallest absolute Gasteiger partial charge is 0.00229 e. The first-order valence-corrected chi connectivity index (χ1v) is 3.61. The summed E-state index contributed by atoms with van der Waals surface area (Å²) in [7, 11) is 0. The van der Waals surface area contributed by atoms with Crippen molar-refractivity contribution in [2.24, 2.45) is 5.92 Å². The SMILES string of the molecule is C=C1C(=C)[C@@H](C)C(C)=C1C. The lowest BCUT2D eigenvalue weighted by molar-refractivity contribution is 0.847. The van der Waals surface area contributed by atoms with Gasteiger partial charge in [-0.25, -0.2) is 0 Å². The summed E-state index contributed by atoms with van der Waals surface area (Å²) in [5, 5.41) is 0. The monoisotopic (exact) mass is 134 g/mol. The normalized spacial score (nSPS) is 26.5. The van der Waals surface area contributed by atoms with E-state index >= 15 is 0 Å². The summed E-state index contributed by atoms with van der Waals surface area (Å²) in [4.78, 5) is 0. The Morgan fingerprint density at radius 2 is 1.70 bits per heavy atom. The minimum Gasteiger partial charge on any atom is -0.0946 e. The molecule has 54 valence electrons. The molecule has 0 aromatic rings. The van der Waals surface area contributed by atoms with Crippen molar-refractivity contribution in [1.29, 1.82) is 0 Å². The molecular formula is C10H14. The summed E-state index contributed by atoms with van der Waals surface area (Å²) in [5.41, 5.74) is 5.09. The zero-order valence-corrected chi connectivity index (χ0v) is 6.99. The van der Waals surface area contributed by atoms with Crippen molar-refractivity contribution in [1.82, 2.24) is 0 Å². The minimum absolute atomic E-state index is 0.521. The van der Waals surface area contributed by atoms with Crippen LogP contribution in [0.2, 0.25) is 0 Å². The van der Waals surface area contributed by atoms with Crippen LogP contribution in [0, 0.1) is 5.92 Å². The van der Waals surface area contributed by atoms with Crippen LogP contribution in [0.25, 0.3) is 0 Å². The molecule has 0 N–H and O–H groups in total. The van der Waals surface area contributed by atoms with E-state index in [4.69, 9.17) is 0 Å². The molecule has 0 unspecified atom stereocenters. The quantitative estimate of drug-likeness (QED) is 0.477. The fourth-order valence-electron chi connectivity index (χ4n) is 1.33. The van der Waals surface area contributed by atoms with Gasteiger partial charge in [0, 0.05) is 5.92 Å². The first-order valence-electron chi connectivity index (χ1n) is 3.61. The van der Waals surface area contributed by atoms with Gasteiger partial charge in [0.05, 0.1) is 0 Å². The first kappa shape index (κ1) is 7.33. The van der Waals surface area contributed by atoms with E-state index in [0.29, 0.717) is 5.92 Å². The molecule has 0 nitrogen and oxygen atoms in total. The van der Waals surface area contributed by atoms with Gasteiger partial charge in [0.1, 0.15) is 0 Å². The molecule has 0 saturated carbocycles. The van der Waals surface area contributed by atoms with Crippen molar-refractivity contribution in [2.75, 3.05) is 0 Å². The Morgan fingerprint density at radius 3 is 1.80 bits per heavy atom. The van der Waals surface area contributed by atoms with E-state index in [1.807, 2.05) is 0 Å². The van der Waals surface area contributed by atoms with E-state index in [9.17, 15) is 0 Å². The maximum Gasteiger partial charge on any atom is 0.00229 e. The van der Waals surface area contributed by atoms with E-state index in [1.165, 1.54) is 16.7 Å². The van der Waals surface area contributed by atoms with Crippen LogP contribution in [0.1, 0.15) is 20.8 Å². The minimum atomic E-state index is 0.521. The number of hydrogen-bond donors (Lipinski definition) is 0. The molecule has 0 fully saturated rings. The van der Waals surface area contributed by atoms with Crippen LogP contribution < -0.4 is 0 Å². The van der Waals surface area contributed by atoms with Crippen LogP contribution >= 0.6 is 0 Å². The van der Waals surface area contributed by atoms with E-state index < -0.39 is 0 Å². The number of allylic oxidation sites excluding steroid dienone is 4. The summed E-state index contributed by atoms with van der Waals surface area (Å²) >= 11 is 0. The van der Waals surface area contributed by atoms with Crippen LogP contribution in [0.5, 0.6) is 0 Å². The fraction of sp³-hybridized carbons (Fsp3) is 0.400. The highest BCUT2D eigenvalue weighted by atomic mass is 14.3. The summed E-state index contributed by atoms with van der Waals surface area (Å²) < 4.78 is 0. The van der Waals surface area contributed by atoms with Gasteiger partial charge in [-0.1, -0.05) is 25.7 Å². The molecule has 0 aromatic carbocycles. The van der Waals surface area contributed by atoms with Crippen molar-refractivity contribution in [3.05, 3.63) is 35.5 Å². The molecule has 1 aliphatic rings. The molecule has 1 aliphatic carbocycles. The number of rotatable bonds is 0. The van der Waals surface area contributed by atoms with Crippen LogP contribution in [0.3, 0.4) is 0 Å². The molecule has 0 spiro atoms. The van der Waals surface area contributed by atoms with Crippen LogP contribution in [-0.2, 0) is 0 Å². The third-order valence-corrected chi connectivity index (χ3v) is 2.60. The van der Waals surface area contributed by atoms with Gasteiger partial charge in [-0.15, -0.1) is 0 Å². The Hall–Kier alpha value is -0.780. The second-order valence-electron chi connectivity index (χ2n) is 3.03. The van der Waals surface area contributed by atoms with Crippen molar-refractivity contribution >= 4 is 0 Å². The van der Waals surface area contributed by atoms with Crippen molar-refractivity contribution in [3.63, 3.8) is 0 Å². The molecule has 0 heterocycles. The third kappa shape index (κ3) is 0.756. The Morgan fingerprint density at radius 1 is 1.20 bits per heavy atom. The van der Waals surface area contributed by atoms with E-state index in [1.54, 1.807) is 0 Å². The Bertz CT molecular complexity index is 228. The van der Waals surface area contributed by atoms with Crippen molar-refractivity contribution < 1.29 is 0 Å². The molecule has 0 saturated heterocycles. The predicted molar refractivity (Wildman–Crippen MR) is 45.8 cm³/mol. The molecule has 0 radical (unpaired) electrons. The molecule has 0 aliphatic heterocycles. The molecule has 0 heteroatoms. The Kier molecular flexibility index (Phi) is 1.55. The van der Waals surface area contributed by atoms with Gasteiger partial charge in [-0.05, 0) is 30.6 Å². The van der Waals surface area contributed by atoms with Crippen LogP contribution in [-0.4, -0.2) is 0 Å². The first-order chi connectivity index (χ1) is 4.55. The second-order valence-corrected chi connectivity index (χ2v) is 3.03. The lowest BCUT2D eigenvalue weighted by Gasteiger charge is -2.04. The average Bonchev–Trinajstić information content (AvgIpc) is 2.07. The summed E-state index contributed by atoms with van der Waals surface area (Å²) in [6.07, 6.45) is 0. The Labute approximate surface area is 62.9 Å². The molecule has 1 rings (SSSR count). The summed E-state index contributed by atoms with van der Waals surface area (Å²) in [6, 6.07) is 0.